The summed E-state index contributed by atoms with van der Waals surface area (Å²) in [7, 11) is -3.83. The van der Waals surface area contributed by atoms with Gasteiger partial charge in [0.1, 0.15) is 4.90 Å². The first-order valence-electron chi connectivity index (χ1n) is 9.28. The molecule has 1 unspecified atom stereocenters. The number of nitrogens with zero attached hydrogens (tertiary/aromatic N) is 1. The van der Waals surface area contributed by atoms with Crippen molar-refractivity contribution in [2.24, 2.45) is 0 Å². The van der Waals surface area contributed by atoms with Crippen LogP contribution in [-0.4, -0.2) is 64.7 Å². The molecule has 1 aromatic carbocycles. The highest BCUT2D eigenvalue weighted by atomic mass is 35.5. The van der Waals surface area contributed by atoms with Crippen molar-refractivity contribution in [3.63, 3.8) is 0 Å². The number of carbonyl (C=O) groups excluding carboxylic acids is 1. The number of benzene rings is 1. The average molecular weight is 418 g/mol. The predicted octanol–water partition coefficient (Wildman–Crippen LogP) is 1.87. The van der Waals surface area contributed by atoms with Gasteiger partial charge in [-0.15, -0.1) is 0 Å². The minimum absolute atomic E-state index is 0.0783. The third-order valence-corrected chi connectivity index (χ3v) is 6.52. The number of sulfonamides is 1. The number of carbonyl (C=O) groups is 1. The maximum Gasteiger partial charge on any atom is 0.251 e. The Morgan fingerprint density at radius 1 is 1.33 bits per heavy atom. The van der Waals surface area contributed by atoms with Crippen LogP contribution in [0.25, 0.3) is 0 Å². The average Bonchev–Trinajstić information content (AvgIpc) is 3.17. The molecular formula is C18H28ClN3O4S. The molecule has 0 aliphatic carbocycles. The third-order valence-electron chi connectivity index (χ3n) is 4.62. The zero-order valence-electron chi connectivity index (χ0n) is 15.8. The molecule has 1 fully saturated rings. The van der Waals surface area contributed by atoms with Crippen molar-refractivity contribution in [3.05, 3.63) is 28.8 Å². The van der Waals surface area contributed by atoms with Crippen LogP contribution in [0.1, 0.15) is 37.0 Å². The molecule has 1 aliphatic rings. The number of nitrogens with one attached hydrogen (secondary N) is 2. The van der Waals surface area contributed by atoms with E-state index in [4.69, 9.17) is 16.3 Å². The van der Waals surface area contributed by atoms with Crippen molar-refractivity contribution in [3.8, 4) is 0 Å². The first-order valence-corrected chi connectivity index (χ1v) is 11.1. The molecule has 0 saturated carbocycles. The first-order chi connectivity index (χ1) is 12.9. The molecule has 0 radical (unpaired) electrons. The zero-order chi connectivity index (χ0) is 19.9. The van der Waals surface area contributed by atoms with Gasteiger partial charge >= 0.3 is 0 Å². The third kappa shape index (κ3) is 6.43. The zero-order valence-corrected chi connectivity index (χ0v) is 17.4. The van der Waals surface area contributed by atoms with Crippen molar-refractivity contribution in [2.45, 2.75) is 37.7 Å². The van der Waals surface area contributed by atoms with Crippen molar-refractivity contribution >= 4 is 27.5 Å². The summed E-state index contributed by atoms with van der Waals surface area (Å²) >= 11 is 6.08. The topological polar surface area (TPSA) is 87.7 Å². The summed E-state index contributed by atoms with van der Waals surface area (Å²) in [6.45, 7) is 8.01. The van der Waals surface area contributed by atoms with Crippen molar-refractivity contribution < 1.29 is 17.9 Å². The van der Waals surface area contributed by atoms with Crippen molar-refractivity contribution in [1.29, 1.82) is 0 Å². The van der Waals surface area contributed by atoms with E-state index in [-0.39, 0.29) is 34.0 Å². The number of hydrogen-bond acceptors (Lipinski definition) is 5. The SMILES string of the molecule is CCN(CC)CCNC(=O)c1ccc(Cl)c(S(=O)(=O)NCC2CCCO2)c1. The monoisotopic (exact) mass is 417 g/mol. The Balaban J connectivity index is 2.02. The van der Waals surface area contributed by atoms with E-state index in [0.29, 0.717) is 13.2 Å². The van der Waals surface area contributed by atoms with Crippen LogP contribution in [0.4, 0.5) is 0 Å². The van der Waals surface area contributed by atoms with Gasteiger partial charge in [-0.2, -0.15) is 0 Å². The second-order valence-corrected chi connectivity index (χ2v) is 8.56. The summed E-state index contributed by atoms with van der Waals surface area (Å²) in [6, 6.07) is 4.27. The van der Waals surface area contributed by atoms with Gasteiger partial charge < -0.3 is 15.0 Å². The van der Waals surface area contributed by atoms with Crippen molar-refractivity contribution in [1.82, 2.24) is 14.9 Å². The minimum Gasteiger partial charge on any atom is -0.377 e. The number of amides is 1. The fourth-order valence-corrected chi connectivity index (χ4v) is 4.50. The van der Waals surface area contributed by atoms with Gasteiger partial charge in [-0.25, -0.2) is 13.1 Å². The molecule has 2 N–H and O–H groups in total. The number of halogens is 1. The molecule has 27 heavy (non-hydrogen) atoms. The van der Waals surface area contributed by atoms with Gasteiger partial charge in [0, 0.05) is 31.8 Å². The Bertz CT molecular complexity index is 732. The summed E-state index contributed by atoms with van der Waals surface area (Å²) in [5.74, 6) is -0.325. The number of likely N-dealkylation sites (N-methyl/N-ethyl adjacent to an activating group) is 1. The maximum atomic E-state index is 12.6. The molecular weight excluding hydrogens is 390 g/mol. The van der Waals surface area contributed by atoms with Crippen LogP contribution < -0.4 is 10.0 Å². The van der Waals surface area contributed by atoms with Gasteiger partial charge in [-0.1, -0.05) is 25.4 Å². The van der Waals surface area contributed by atoms with Crippen LogP contribution in [0.15, 0.2) is 23.1 Å². The van der Waals surface area contributed by atoms with Crippen LogP contribution >= 0.6 is 11.6 Å². The van der Waals surface area contributed by atoms with E-state index in [1.54, 1.807) is 0 Å². The lowest BCUT2D eigenvalue weighted by Crippen LogP contribution is -2.35. The molecule has 7 nitrogen and oxygen atoms in total. The minimum atomic E-state index is -3.83. The fraction of sp³-hybridized carbons (Fsp3) is 0.611. The Kier molecular flexibility index (Phi) is 8.50. The lowest BCUT2D eigenvalue weighted by molar-refractivity contribution is 0.0948. The molecule has 152 valence electrons. The Morgan fingerprint density at radius 2 is 2.07 bits per heavy atom. The largest absolute Gasteiger partial charge is 0.377 e. The fourth-order valence-electron chi connectivity index (χ4n) is 2.91. The molecule has 1 heterocycles. The standard InChI is InChI=1S/C18H28ClN3O4S/c1-3-22(4-2)10-9-20-18(23)14-7-8-16(19)17(12-14)27(24,25)21-13-15-6-5-11-26-15/h7-8,12,15,21H,3-6,9-11,13H2,1-2H3,(H,20,23). The number of ether oxygens (including phenoxy) is 1. The Hall–Kier alpha value is -1.19. The molecule has 9 heteroatoms. The van der Waals surface area contributed by atoms with Gasteiger partial charge in [0.05, 0.1) is 11.1 Å². The van der Waals surface area contributed by atoms with Crippen LogP contribution in [0.2, 0.25) is 5.02 Å². The van der Waals surface area contributed by atoms with Gasteiger partial charge in [0.15, 0.2) is 0 Å². The molecule has 1 aliphatic heterocycles. The van der Waals surface area contributed by atoms with Gasteiger partial charge in [-0.3, -0.25) is 4.79 Å². The van der Waals surface area contributed by atoms with Gasteiger partial charge in [-0.05, 0) is 44.1 Å². The maximum absolute atomic E-state index is 12.6. The van der Waals surface area contributed by atoms with E-state index >= 15 is 0 Å². The molecule has 2 rings (SSSR count). The van der Waals surface area contributed by atoms with E-state index in [0.717, 1.165) is 32.5 Å². The van der Waals surface area contributed by atoms with E-state index in [1.807, 2.05) is 0 Å². The highest BCUT2D eigenvalue weighted by molar-refractivity contribution is 7.89. The van der Waals surface area contributed by atoms with E-state index in [9.17, 15) is 13.2 Å². The number of rotatable bonds is 10. The highest BCUT2D eigenvalue weighted by Gasteiger charge is 2.23. The highest BCUT2D eigenvalue weighted by Crippen LogP contribution is 2.23. The summed E-state index contributed by atoms with van der Waals surface area (Å²) in [6.07, 6.45) is 1.63. The summed E-state index contributed by atoms with van der Waals surface area (Å²) in [5, 5.41) is 2.89. The lowest BCUT2D eigenvalue weighted by Gasteiger charge is -2.18. The van der Waals surface area contributed by atoms with Gasteiger partial charge in [0.25, 0.3) is 5.91 Å². The second-order valence-electron chi connectivity index (χ2n) is 6.41. The molecule has 1 amide bonds. The number of hydrogen-bond donors (Lipinski definition) is 2. The first kappa shape index (κ1) is 22.1. The van der Waals surface area contributed by atoms with E-state index in [1.165, 1.54) is 18.2 Å². The van der Waals surface area contributed by atoms with E-state index in [2.05, 4.69) is 28.8 Å². The molecule has 0 aromatic heterocycles. The summed E-state index contributed by atoms with van der Waals surface area (Å²) < 4.78 is 33.1. The molecule has 1 atom stereocenters. The van der Waals surface area contributed by atoms with Crippen LogP contribution in [0.5, 0.6) is 0 Å². The summed E-state index contributed by atoms with van der Waals surface area (Å²) in [4.78, 5) is 14.4. The molecule has 1 aromatic rings. The smallest absolute Gasteiger partial charge is 0.251 e. The van der Waals surface area contributed by atoms with Crippen LogP contribution in [0, 0.1) is 0 Å². The Labute approximate surface area is 166 Å². The predicted molar refractivity (Wildman–Crippen MR) is 106 cm³/mol. The second kappa shape index (κ2) is 10.4. The quantitative estimate of drug-likeness (QED) is 0.606. The molecule has 1 saturated heterocycles. The van der Waals surface area contributed by atoms with E-state index < -0.39 is 10.0 Å². The van der Waals surface area contributed by atoms with Crippen LogP contribution in [-0.2, 0) is 14.8 Å². The Morgan fingerprint density at radius 3 is 2.70 bits per heavy atom. The normalized spacial score (nSPS) is 17.4. The molecule has 0 bridgehead atoms. The molecule has 0 spiro atoms. The van der Waals surface area contributed by atoms with Crippen molar-refractivity contribution in [2.75, 3.05) is 39.3 Å². The van der Waals surface area contributed by atoms with Crippen LogP contribution in [0.3, 0.4) is 0 Å². The van der Waals surface area contributed by atoms with Gasteiger partial charge in [0.2, 0.25) is 10.0 Å². The summed E-state index contributed by atoms with van der Waals surface area (Å²) in [5.41, 5.74) is 0.261. The lowest BCUT2D eigenvalue weighted by atomic mass is 10.2.